The first kappa shape index (κ1) is 8.08. The van der Waals surface area contributed by atoms with E-state index in [0.717, 1.165) is 4.90 Å². The van der Waals surface area contributed by atoms with E-state index in [4.69, 9.17) is 0 Å². The second-order valence-corrected chi connectivity index (χ2v) is 3.59. The van der Waals surface area contributed by atoms with Crippen molar-refractivity contribution in [2.24, 2.45) is 0 Å². The smallest absolute Gasteiger partial charge is 0.126 e. The van der Waals surface area contributed by atoms with Crippen molar-refractivity contribution in [3.8, 4) is 0 Å². The van der Waals surface area contributed by atoms with Crippen LogP contribution in [0.15, 0.2) is 23.1 Å². The average Bonchev–Trinajstić information content (AvgIpc) is 1.95. The van der Waals surface area contributed by atoms with Crippen LogP contribution in [0.4, 0.5) is 4.39 Å². The Bertz CT molecular complexity index is 237. The Morgan fingerprint density at radius 2 is 2.20 bits per heavy atom. The van der Waals surface area contributed by atoms with Gasteiger partial charge in [0.15, 0.2) is 0 Å². The molecule has 3 heteroatoms. The van der Waals surface area contributed by atoms with Crippen LogP contribution in [-0.2, 0) is 0 Å². The van der Waals surface area contributed by atoms with Gasteiger partial charge in [0.05, 0.1) is 0 Å². The molecule has 1 rings (SSSR count). The molecule has 1 aromatic carbocycles. The van der Waals surface area contributed by atoms with Crippen LogP contribution in [0.3, 0.4) is 0 Å². The van der Waals surface area contributed by atoms with Gasteiger partial charge in [-0.1, -0.05) is 0 Å². The molecule has 0 N–H and O–H groups in total. The van der Waals surface area contributed by atoms with Gasteiger partial charge in [-0.05, 0) is 55.7 Å². The van der Waals surface area contributed by atoms with Crippen LogP contribution in [-0.4, -0.2) is 0 Å². The summed E-state index contributed by atoms with van der Waals surface area (Å²) in [4.78, 5) is 1.03. The maximum absolute atomic E-state index is 12.6. The first-order valence-electron chi connectivity index (χ1n) is 2.79. The third-order valence-electron chi connectivity index (χ3n) is 1.22. The Labute approximate surface area is 71.0 Å². The molecule has 0 fully saturated rings. The van der Waals surface area contributed by atoms with Gasteiger partial charge in [-0.3, -0.25) is 0 Å². The van der Waals surface area contributed by atoms with Crippen molar-refractivity contribution in [1.29, 1.82) is 0 Å². The molecule has 0 unspecified atom stereocenters. The third kappa shape index (κ3) is 1.73. The van der Waals surface area contributed by atoms with Gasteiger partial charge in [-0.25, -0.2) is 4.39 Å². The molecule has 0 atom stereocenters. The van der Waals surface area contributed by atoms with E-state index in [-0.39, 0.29) is 5.82 Å². The fourth-order valence-electron chi connectivity index (χ4n) is 0.665. The molecule has 0 nitrogen and oxygen atoms in total. The lowest BCUT2D eigenvalue weighted by Gasteiger charge is -1.96. The lowest BCUT2D eigenvalue weighted by molar-refractivity contribution is 0.617. The minimum atomic E-state index is -0.148. The van der Waals surface area contributed by atoms with Crippen molar-refractivity contribution in [2.45, 2.75) is 11.8 Å². The van der Waals surface area contributed by atoms with Crippen LogP contribution in [0.5, 0.6) is 0 Å². The normalized spacial score (nSPS) is 9.90. The summed E-state index contributed by atoms with van der Waals surface area (Å²) in [6.07, 6.45) is 0. The van der Waals surface area contributed by atoms with Crippen LogP contribution in [0, 0.1) is 12.7 Å². The van der Waals surface area contributed by atoms with Crippen molar-refractivity contribution in [3.05, 3.63) is 29.6 Å². The topological polar surface area (TPSA) is 0 Å². The predicted molar refractivity (Wildman–Crippen MR) is 45.9 cm³/mol. The minimum Gasteiger partial charge on any atom is -0.207 e. The predicted octanol–water partition coefficient (Wildman–Crippen LogP) is 3.54. The van der Waals surface area contributed by atoms with E-state index < -0.39 is 0 Å². The van der Waals surface area contributed by atoms with E-state index in [9.17, 15) is 4.39 Å². The largest absolute Gasteiger partial charge is 0.207 e. The molecule has 0 radical (unpaired) electrons. The highest BCUT2D eigenvalue weighted by Gasteiger charge is 1.96. The molecule has 0 aliphatic carbocycles. The van der Waals surface area contributed by atoms with E-state index in [0.29, 0.717) is 5.56 Å². The van der Waals surface area contributed by atoms with Gasteiger partial charge in [-0.15, -0.1) is 0 Å². The highest BCUT2D eigenvalue weighted by atomic mass is 79.9. The molecule has 1 aromatic rings. The van der Waals surface area contributed by atoms with Gasteiger partial charge in [-0.2, -0.15) is 0 Å². The molecule has 0 aliphatic rings. The highest BCUT2D eigenvalue weighted by Crippen LogP contribution is 2.25. The van der Waals surface area contributed by atoms with Crippen LogP contribution in [0.1, 0.15) is 5.56 Å². The summed E-state index contributed by atoms with van der Waals surface area (Å²) >= 11 is 3.21. The minimum absolute atomic E-state index is 0.148. The Balaban J connectivity index is 3.04. The SMILES string of the molecule is Cc1cc(SBr)ccc1F. The number of benzene rings is 1. The fourth-order valence-corrected chi connectivity index (χ4v) is 1.61. The van der Waals surface area contributed by atoms with Crippen LogP contribution >= 0.6 is 25.0 Å². The first-order chi connectivity index (χ1) is 4.74. The molecule has 54 valence electrons. The zero-order valence-corrected chi connectivity index (χ0v) is 7.80. The molecule has 0 saturated carbocycles. The molecular formula is C7H6BrFS. The van der Waals surface area contributed by atoms with E-state index in [1.54, 1.807) is 19.1 Å². The molecule has 10 heavy (non-hydrogen) atoms. The van der Waals surface area contributed by atoms with Gasteiger partial charge in [0.2, 0.25) is 0 Å². The standard InChI is InChI=1S/C7H6BrFS/c1-5-4-6(10-8)2-3-7(5)9/h2-4H,1H3. The summed E-state index contributed by atoms with van der Waals surface area (Å²) in [5, 5.41) is 0. The lowest BCUT2D eigenvalue weighted by atomic mass is 10.2. The summed E-state index contributed by atoms with van der Waals surface area (Å²) in [6, 6.07) is 5.01. The zero-order valence-electron chi connectivity index (χ0n) is 5.40. The van der Waals surface area contributed by atoms with Gasteiger partial charge in [0.1, 0.15) is 5.82 Å². The van der Waals surface area contributed by atoms with Gasteiger partial charge in [0, 0.05) is 4.90 Å². The quantitative estimate of drug-likeness (QED) is 0.698. The molecular weight excluding hydrogens is 215 g/mol. The maximum Gasteiger partial charge on any atom is 0.126 e. The lowest BCUT2D eigenvalue weighted by Crippen LogP contribution is -1.79. The summed E-state index contributed by atoms with van der Waals surface area (Å²) in [5.74, 6) is -0.148. The van der Waals surface area contributed by atoms with Crippen LogP contribution in [0.2, 0.25) is 0 Å². The molecule has 0 saturated heterocycles. The summed E-state index contributed by atoms with van der Waals surface area (Å²) < 4.78 is 12.6. The Kier molecular flexibility index (Phi) is 2.74. The number of aryl methyl sites for hydroxylation is 1. The van der Waals surface area contributed by atoms with Crippen molar-refractivity contribution in [2.75, 3.05) is 0 Å². The fraction of sp³-hybridized carbons (Fsp3) is 0.143. The van der Waals surface area contributed by atoms with Gasteiger partial charge in [0.25, 0.3) is 0 Å². The Morgan fingerprint density at radius 3 is 2.70 bits per heavy atom. The van der Waals surface area contributed by atoms with Crippen molar-refractivity contribution < 1.29 is 4.39 Å². The average molecular weight is 221 g/mol. The number of hydrogen-bond acceptors (Lipinski definition) is 1. The van der Waals surface area contributed by atoms with E-state index >= 15 is 0 Å². The van der Waals surface area contributed by atoms with Crippen molar-refractivity contribution >= 4 is 25.0 Å². The van der Waals surface area contributed by atoms with Crippen LogP contribution < -0.4 is 0 Å². The summed E-state index contributed by atoms with van der Waals surface area (Å²) in [7, 11) is 1.44. The molecule has 0 aromatic heterocycles. The number of rotatable bonds is 1. The molecule has 0 aliphatic heterocycles. The molecule has 0 spiro atoms. The Hall–Kier alpha value is -0.0200. The molecule has 0 heterocycles. The van der Waals surface area contributed by atoms with Gasteiger partial charge < -0.3 is 0 Å². The van der Waals surface area contributed by atoms with E-state index in [1.807, 2.05) is 0 Å². The Morgan fingerprint density at radius 1 is 1.50 bits per heavy atom. The number of hydrogen-bond donors (Lipinski definition) is 0. The third-order valence-corrected chi connectivity index (χ3v) is 2.77. The number of halogens is 2. The monoisotopic (exact) mass is 220 g/mol. The molecule has 0 amide bonds. The summed E-state index contributed by atoms with van der Waals surface area (Å²) in [5.41, 5.74) is 0.685. The zero-order chi connectivity index (χ0) is 7.56. The van der Waals surface area contributed by atoms with Crippen LogP contribution in [0.25, 0.3) is 0 Å². The van der Waals surface area contributed by atoms with E-state index in [2.05, 4.69) is 14.8 Å². The second-order valence-electron chi connectivity index (χ2n) is 1.99. The van der Waals surface area contributed by atoms with Gasteiger partial charge >= 0.3 is 0 Å². The van der Waals surface area contributed by atoms with Crippen molar-refractivity contribution in [3.63, 3.8) is 0 Å². The molecule has 0 bridgehead atoms. The summed E-state index contributed by atoms with van der Waals surface area (Å²) in [6.45, 7) is 1.75. The van der Waals surface area contributed by atoms with Crippen molar-refractivity contribution in [1.82, 2.24) is 0 Å². The maximum atomic E-state index is 12.6. The second kappa shape index (κ2) is 3.39. The first-order valence-corrected chi connectivity index (χ1v) is 5.44. The highest BCUT2D eigenvalue weighted by molar-refractivity contribution is 9.50. The van der Waals surface area contributed by atoms with E-state index in [1.165, 1.54) is 16.3 Å².